The van der Waals surface area contributed by atoms with E-state index in [-0.39, 0.29) is 18.1 Å². The first-order chi connectivity index (χ1) is 11.4. The molecule has 0 bridgehead atoms. The molecule has 6 heteroatoms. The first-order valence-electron chi connectivity index (χ1n) is 8.21. The second kappa shape index (κ2) is 7.65. The quantitative estimate of drug-likeness (QED) is 0.885. The Labute approximate surface area is 143 Å². The normalized spacial score (nSPS) is 20.8. The number of benzene rings is 1. The molecule has 1 aliphatic heterocycles. The summed E-state index contributed by atoms with van der Waals surface area (Å²) >= 11 is 0. The predicted molar refractivity (Wildman–Crippen MR) is 93.8 cm³/mol. The standard InChI is InChI=1S/C18H26N4O2/c1-14-5-6-16(9-15(14)10-19)20-17(24)22-8-4-7-18(12-22,13-23)11-21(2)3/h5-6,9,23H,4,7-8,11-13H2,1-3H3,(H,20,24)/t18-/m0/s1. The highest BCUT2D eigenvalue weighted by molar-refractivity contribution is 5.89. The number of nitrogens with one attached hydrogen (secondary N) is 1. The highest BCUT2D eigenvalue weighted by Gasteiger charge is 2.37. The van der Waals surface area contributed by atoms with Crippen molar-refractivity contribution in [3.05, 3.63) is 29.3 Å². The van der Waals surface area contributed by atoms with Gasteiger partial charge in [0.05, 0.1) is 18.2 Å². The van der Waals surface area contributed by atoms with Crippen molar-refractivity contribution in [3.8, 4) is 6.07 Å². The van der Waals surface area contributed by atoms with Crippen LogP contribution in [0, 0.1) is 23.7 Å². The smallest absolute Gasteiger partial charge is 0.321 e. The van der Waals surface area contributed by atoms with Crippen molar-refractivity contribution < 1.29 is 9.90 Å². The van der Waals surface area contributed by atoms with Gasteiger partial charge in [-0.25, -0.2) is 4.79 Å². The minimum absolute atomic E-state index is 0.0675. The van der Waals surface area contributed by atoms with Gasteiger partial charge < -0.3 is 20.2 Å². The molecule has 24 heavy (non-hydrogen) atoms. The highest BCUT2D eigenvalue weighted by Crippen LogP contribution is 2.30. The molecule has 130 valence electrons. The first kappa shape index (κ1) is 18.2. The van der Waals surface area contributed by atoms with Crippen LogP contribution in [0.5, 0.6) is 0 Å². The molecule has 2 rings (SSSR count). The molecule has 0 radical (unpaired) electrons. The second-order valence-corrected chi connectivity index (χ2v) is 6.99. The van der Waals surface area contributed by atoms with E-state index in [0.717, 1.165) is 24.9 Å². The summed E-state index contributed by atoms with van der Waals surface area (Å²) in [7, 11) is 3.96. The van der Waals surface area contributed by atoms with E-state index >= 15 is 0 Å². The van der Waals surface area contributed by atoms with Crippen molar-refractivity contribution in [2.75, 3.05) is 45.7 Å². The lowest BCUT2D eigenvalue weighted by Gasteiger charge is -2.43. The molecule has 1 aromatic carbocycles. The number of hydrogen-bond donors (Lipinski definition) is 2. The Kier molecular flexibility index (Phi) is 5.81. The zero-order chi connectivity index (χ0) is 17.7. The average molecular weight is 330 g/mol. The van der Waals surface area contributed by atoms with Crippen molar-refractivity contribution >= 4 is 11.7 Å². The number of carbonyl (C=O) groups excluding carboxylic acids is 1. The van der Waals surface area contributed by atoms with Crippen LogP contribution in [0.25, 0.3) is 0 Å². The van der Waals surface area contributed by atoms with E-state index in [9.17, 15) is 9.90 Å². The minimum Gasteiger partial charge on any atom is -0.396 e. The number of piperidine rings is 1. The number of likely N-dealkylation sites (tertiary alicyclic amines) is 1. The molecule has 0 spiro atoms. The zero-order valence-electron chi connectivity index (χ0n) is 14.7. The van der Waals surface area contributed by atoms with Crippen molar-refractivity contribution in [2.24, 2.45) is 5.41 Å². The molecule has 1 saturated heterocycles. The maximum absolute atomic E-state index is 12.6. The van der Waals surface area contributed by atoms with Crippen molar-refractivity contribution in [1.82, 2.24) is 9.80 Å². The molecule has 1 heterocycles. The van der Waals surface area contributed by atoms with E-state index < -0.39 is 0 Å². The lowest BCUT2D eigenvalue weighted by atomic mass is 9.80. The van der Waals surface area contributed by atoms with Gasteiger partial charge in [0.2, 0.25) is 0 Å². The Bertz CT molecular complexity index is 638. The third-order valence-corrected chi connectivity index (χ3v) is 4.54. The van der Waals surface area contributed by atoms with Gasteiger partial charge in [-0.1, -0.05) is 6.07 Å². The topological polar surface area (TPSA) is 79.6 Å². The minimum atomic E-state index is -0.274. The highest BCUT2D eigenvalue weighted by atomic mass is 16.3. The number of nitriles is 1. The van der Waals surface area contributed by atoms with Crippen LogP contribution >= 0.6 is 0 Å². The fourth-order valence-corrected chi connectivity index (χ4v) is 3.38. The maximum Gasteiger partial charge on any atom is 0.321 e. The van der Waals surface area contributed by atoms with Crippen LogP contribution in [0.4, 0.5) is 10.5 Å². The number of rotatable bonds is 4. The summed E-state index contributed by atoms with van der Waals surface area (Å²) < 4.78 is 0. The van der Waals surface area contributed by atoms with Gasteiger partial charge in [0.1, 0.15) is 0 Å². The van der Waals surface area contributed by atoms with E-state index in [0.29, 0.717) is 24.3 Å². The van der Waals surface area contributed by atoms with Crippen LogP contribution in [0.15, 0.2) is 18.2 Å². The van der Waals surface area contributed by atoms with Gasteiger partial charge in [-0.3, -0.25) is 0 Å². The third-order valence-electron chi connectivity index (χ3n) is 4.54. The molecule has 6 nitrogen and oxygen atoms in total. The molecule has 2 amide bonds. The Morgan fingerprint density at radius 3 is 2.88 bits per heavy atom. The van der Waals surface area contributed by atoms with Crippen molar-refractivity contribution in [3.63, 3.8) is 0 Å². The lowest BCUT2D eigenvalue weighted by Crippen LogP contribution is -2.52. The van der Waals surface area contributed by atoms with E-state index in [1.807, 2.05) is 27.1 Å². The van der Waals surface area contributed by atoms with Gasteiger partial charge in [0, 0.05) is 30.7 Å². The Hall–Kier alpha value is -2.10. The number of nitrogens with zero attached hydrogens (tertiary/aromatic N) is 3. The molecule has 0 aliphatic carbocycles. The van der Waals surface area contributed by atoms with Gasteiger partial charge in [-0.2, -0.15) is 5.26 Å². The molecular formula is C18H26N4O2. The molecule has 2 N–H and O–H groups in total. The van der Waals surface area contributed by atoms with E-state index in [1.54, 1.807) is 17.0 Å². The predicted octanol–water partition coefficient (Wildman–Crippen LogP) is 2.03. The van der Waals surface area contributed by atoms with E-state index in [1.165, 1.54) is 0 Å². The van der Waals surface area contributed by atoms with Crippen LogP contribution in [-0.2, 0) is 0 Å². The average Bonchev–Trinajstić information content (AvgIpc) is 2.56. The summed E-state index contributed by atoms with van der Waals surface area (Å²) in [6.45, 7) is 3.89. The number of hydrogen-bond acceptors (Lipinski definition) is 4. The third kappa shape index (κ3) is 4.25. The van der Waals surface area contributed by atoms with Gasteiger partial charge >= 0.3 is 6.03 Å². The lowest BCUT2D eigenvalue weighted by molar-refractivity contribution is 0.0294. The van der Waals surface area contributed by atoms with Gasteiger partial charge in [0.15, 0.2) is 0 Å². The summed E-state index contributed by atoms with van der Waals surface area (Å²) in [6.07, 6.45) is 1.79. The monoisotopic (exact) mass is 330 g/mol. The number of aryl methyl sites for hydroxylation is 1. The van der Waals surface area contributed by atoms with Crippen LogP contribution in [0.3, 0.4) is 0 Å². The number of amides is 2. The molecule has 1 aromatic rings. The molecule has 1 atom stereocenters. The molecular weight excluding hydrogens is 304 g/mol. The molecule has 0 unspecified atom stereocenters. The number of aliphatic hydroxyl groups excluding tert-OH is 1. The molecule has 0 saturated carbocycles. The zero-order valence-corrected chi connectivity index (χ0v) is 14.7. The number of urea groups is 1. The van der Waals surface area contributed by atoms with Crippen LogP contribution in [0.2, 0.25) is 0 Å². The molecule has 1 aliphatic rings. The van der Waals surface area contributed by atoms with Gasteiger partial charge in [0.25, 0.3) is 0 Å². The van der Waals surface area contributed by atoms with Gasteiger partial charge in [-0.15, -0.1) is 0 Å². The Morgan fingerprint density at radius 1 is 1.50 bits per heavy atom. The maximum atomic E-state index is 12.6. The SMILES string of the molecule is Cc1ccc(NC(=O)N2CCC[C@](CO)(CN(C)C)C2)cc1C#N. The van der Waals surface area contributed by atoms with E-state index in [2.05, 4.69) is 16.3 Å². The fraction of sp³-hybridized carbons (Fsp3) is 0.556. The Balaban J connectivity index is 2.08. The summed E-state index contributed by atoms with van der Waals surface area (Å²) in [5.41, 5.74) is 1.79. The number of anilines is 1. The fourth-order valence-electron chi connectivity index (χ4n) is 3.38. The summed E-state index contributed by atoms with van der Waals surface area (Å²) in [4.78, 5) is 16.4. The first-order valence-corrected chi connectivity index (χ1v) is 8.21. The summed E-state index contributed by atoms with van der Waals surface area (Å²) in [5, 5.41) is 21.8. The number of aliphatic hydroxyl groups is 1. The van der Waals surface area contributed by atoms with Crippen LogP contribution < -0.4 is 5.32 Å². The largest absolute Gasteiger partial charge is 0.396 e. The summed E-state index contributed by atoms with van der Waals surface area (Å²) in [6, 6.07) is 7.27. The van der Waals surface area contributed by atoms with Crippen LogP contribution in [0.1, 0.15) is 24.0 Å². The molecule has 0 aromatic heterocycles. The van der Waals surface area contributed by atoms with Crippen LogP contribution in [-0.4, -0.2) is 61.3 Å². The number of carbonyl (C=O) groups is 1. The second-order valence-electron chi connectivity index (χ2n) is 6.99. The van der Waals surface area contributed by atoms with E-state index in [4.69, 9.17) is 5.26 Å². The van der Waals surface area contributed by atoms with Gasteiger partial charge in [-0.05, 0) is 51.6 Å². The summed E-state index contributed by atoms with van der Waals surface area (Å²) in [5.74, 6) is 0. The molecule has 1 fully saturated rings. The Morgan fingerprint density at radius 2 is 2.25 bits per heavy atom. The van der Waals surface area contributed by atoms with Crippen molar-refractivity contribution in [2.45, 2.75) is 19.8 Å². The van der Waals surface area contributed by atoms with Crippen molar-refractivity contribution in [1.29, 1.82) is 5.26 Å².